The number of hydrogen-bond acceptors (Lipinski definition) is 5. The summed E-state index contributed by atoms with van der Waals surface area (Å²) in [4.78, 5) is 12.0. The molecule has 1 aromatic rings. The van der Waals surface area contributed by atoms with Gasteiger partial charge in [-0.2, -0.15) is 0 Å². The van der Waals surface area contributed by atoms with Crippen LogP contribution in [0.3, 0.4) is 0 Å². The van der Waals surface area contributed by atoms with Crippen molar-refractivity contribution < 1.29 is 23.8 Å². The van der Waals surface area contributed by atoms with Gasteiger partial charge in [-0.1, -0.05) is 0 Å². The summed E-state index contributed by atoms with van der Waals surface area (Å²) in [5, 5.41) is 11.9. The summed E-state index contributed by atoms with van der Waals surface area (Å²) in [7, 11) is 0. The minimum Gasteiger partial charge on any atom is -0.491 e. The maximum Gasteiger partial charge on any atom is 0.339 e. The van der Waals surface area contributed by atoms with Crippen molar-refractivity contribution in [2.24, 2.45) is 0 Å². The molecule has 0 unspecified atom stereocenters. The normalized spacial score (nSPS) is 19.8. The first-order valence-corrected chi connectivity index (χ1v) is 6.68. The Morgan fingerprint density at radius 1 is 1.40 bits per heavy atom. The molecule has 0 aromatic heterocycles. The molecule has 0 atom stereocenters. The van der Waals surface area contributed by atoms with Gasteiger partial charge in [0.15, 0.2) is 0 Å². The van der Waals surface area contributed by atoms with E-state index in [1.54, 1.807) is 0 Å². The molecule has 6 heteroatoms. The first kappa shape index (κ1) is 13.3. The molecular formula is C14H16FNO4. The van der Waals surface area contributed by atoms with Crippen LogP contribution in [-0.4, -0.2) is 37.4 Å². The fourth-order valence-corrected chi connectivity index (χ4v) is 2.92. The maximum absolute atomic E-state index is 14.4. The zero-order chi connectivity index (χ0) is 14.2. The number of aliphatic hydroxyl groups is 1. The van der Waals surface area contributed by atoms with Gasteiger partial charge >= 0.3 is 5.97 Å². The number of halogens is 1. The Hall–Kier alpha value is -1.66. The zero-order valence-electron chi connectivity index (χ0n) is 10.9. The molecule has 0 saturated carbocycles. The third-order valence-electron chi connectivity index (χ3n) is 3.80. The van der Waals surface area contributed by atoms with E-state index in [2.05, 4.69) is 5.32 Å². The number of carbonyl (C=O) groups is 1. The lowest BCUT2D eigenvalue weighted by atomic mass is 9.84. The van der Waals surface area contributed by atoms with Gasteiger partial charge in [0, 0.05) is 24.5 Å². The molecule has 1 saturated heterocycles. The first-order valence-electron chi connectivity index (χ1n) is 6.68. The topological polar surface area (TPSA) is 67.8 Å². The third-order valence-corrected chi connectivity index (χ3v) is 3.80. The Bertz CT molecular complexity index is 540. The summed E-state index contributed by atoms with van der Waals surface area (Å²) in [6.07, 6.45) is 1.14. The van der Waals surface area contributed by atoms with E-state index in [4.69, 9.17) is 14.6 Å². The highest BCUT2D eigenvalue weighted by Crippen LogP contribution is 2.45. The first-order chi connectivity index (χ1) is 9.66. The van der Waals surface area contributed by atoms with Crippen LogP contribution in [0.2, 0.25) is 0 Å². The number of esters is 1. The van der Waals surface area contributed by atoms with Crippen molar-refractivity contribution in [1.29, 1.82) is 0 Å². The second kappa shape index (κ2) is 5.03. The molecule has 5 nitrogen and oxygen atoms in total. The van der Waals surface area contributed by atoms with Gasteiger partial charge in [-0.05, 0) is 19.2 Å². The average molecular weight is 281 g/mol. The van der Waals surface area contributed by atoms with Crippen LogP contribution >= 0.6 is 0 Å². The molecular weight excluding hydrogens is 265 g/mol. The minimum atomic E-state index is -0.836. The number of nitrogens with one attached hydrogen (secondary N) is 1. The molecule has 2 heterocycles. The summed E-state index contributed by atoms with van der Waals surface area (Å²) in [5.74, 6) is -0.753. The number of piperidine rings is 1. The van der Waals surface area contributed by atoms with E-state index in [1.165, 1.54) is 12.1 Å². The lowest BCUT2D eigenvalue weighted by Crippen LogP contribution is -2.40. The van der Waals surface area contributed by atoms with E-state index in [0.29, 0.717) is 31.5 Å². The highest BCUT2D eigenvalue weighted by Gasteiger charge is 2.48. The lowest BCUT2D eigenvalue weighted by molar-refractivity contribution is -0.0255. The molecule has 0 aliphatic carbocycles. The monoisotopic (exact) mass is 281 g/mol. The SMILES string of the molecule is O=C1OC2(CCNCC2)c2c(F)cc(OCCO)cc21. The molecule has 0 bridgehead atoms. The molecule has 108 valence electrons. The van der Waals surface area contributed by atoms with Gasteiger partial charge in [-0.25, -0.2) is 9.18 Å². The van der Waals surface area contributed by atoms with Gasteiger partial charge in [0.2, 0.25) is 0 Å². The summed E-state index contributed by atoms with van der Waals surface area (Å²) >= 11 is 0. The van der Waals surface area contributed by atoms with Crippen molar-refractivity contribution in [1.82, 2.24) is 5.32 Å². The van der Waals surface area contributed by atoms with E-state index in [1.807, 2.05) is 0 Å². The maximum atomic E-state index is 14.4. The molecule has 0 amide bonds. The van der Waals surface area contributed by atoms with E-state index in [0.717, 1.165) is 0 Å². The van der Waals surface area contributed by atoms with Gasteiger partial charge in [-0.15, -0.1) is 0 Å². The molecule has 1 aromatic carbocycles. The van der Waals surface area contributed by atoms with Gasteiger partial charge < -0.3 is 19.9 Å². The van der Waals surface area contributed by atoms with Crippen LogP contribution in [0.5, 0.6) is 5.75 Å². The van der Waals surface area contributed by atoms with Crippen LogP contribution in [0.4, 0.5) is 4.39 Å². The number of carbonyl (C=O) groups excluding carboxylic acids is 1. The summed E-state index contributed by atoms with van der Waals surface area (Å²) in [6.45, 7) is 1.27. The Morgan fingerprint density at radius 3 is 2.85 bits per heavy atom. The van der Waals surface area contributed by atoms with Crippen LogP contribution < -0.4 is 10.1 Å². The van der Waals surface area contributed by atoms with E-state index >= 15 is 0 Å². The van der Waals surface area contributed by atoms with E-state index < -0.39 is 17.4 Å². The van der Waals surface area contributed by atoms with Crippen molar-refractivity contribution >= 4 is 5.97 Å². The van der Waals surface area contributed by atoms with Crippen LogP contribution in [0.25, 0.3) is 0 Å². The molecule has 2 N–H and O–H groups in total. The van der Waals surface area contributed by atoms with Gasteiger partial charge in [0.25, 0.3) is 0 Å². The summed E-state index contributed by atoms with van der Waals surface area (Å²) < 4.78 is 25.0. The molecule has 2 aliphatic heterocycles. The number of fused-ring (bicyclic) bond motifs is 2. The fraction of sp³-hybridized carbons (Fsp3) is 0.500. The van der Waals surface area contributed by atoms with Crippen molar-refractivity contribution in [2.75, 3.05) is 26.3 Å². The van der Waals surface area contributed by atoms with Crippen LogP contribution in [0.15, 0.2) is 12.1 Å². The van der Waals surface area contributed by atoms with E-state index in [-0.39, 0.29) is 24.5 Å². The number of aliphatic hydroxyl groups excluding tert-OH is 1. The molecule has 2 aliphatic rings. The Labute approximate surface area is 115 Å². The molecule has 1 spiro atoms. The molecule has 20 heavy (non-hydrogen) atoms. The van der Waals surface area contributed by atoms with Gasteiger partial charge in [0.1, 0.15) is 23.8 Å². The highest BCUT2D eigenvalue weighted by atomic mass is 19.1. The minimum absolute atomic E-state index is 0.0579. The second-order valence-electron chi connectivity index (χ2n) is 5.03. The number of rotatable bonds is 3. The molecule has 3 rings (SSSR count). The number of hydrogen-bond donors (Lipinski definition) is 2. The second-order valence-corrected chi connectivity index (χ2v) is 5.03. The van der Waals surface area contributed by atoms with Gasteiger partial charge in [0.05, 0.1) is 12.2 Å². The quantitative estimate of drug-likeness (QED) is 0.807. The Balaban J connectivity index is 2.01. The predicted octanol–water partition coefficient (Wildman–Crippen LogP) is 0.946. The third kappa shape index (κ3) is 2.05. The smallest absolute Gasteiger partial charge is 0.339 e. The van der Waals surface area contributed by atoms with Crippen LogP contribution in [-0.2, 0) is 10.3 Å². The summed E-state index contributed by atoms with van der Waals surface area (Å²) in [6, 6.07) is 2.74. The lowest BCUT2D eigenvalue weighted by Gasteiger charge is -2.33. The standard InChI is InChI=1S/C14H16FNO4/c15-11-8-9(19-6-5-17)7-10-12(11)14(20-13(10)18)1-3-16-4-2-14/h7-8,16-17H,1-6H2. The van der Waals surface area contributed by atoms with Crippen molar-refractivity contribution in [2.45, 2.75) is 18.4 Å². The van der Waals surface area contributed by atoms with Crippen molar-refractivity contribution in [3.05, 3.63) is 29.1 Å². The molecule has 0 radical (unpaired) electrons. The van der Waals surface area contributed by atoms with Crippen LogP contribution in [0.1, 0.15) is 28.8 Å². The van der Waals surface area contributed by atoms with Crippen molar-refractivity contribution in [3.8, 4) is 5.75 Å². The van der Waals surface area contributed by atoms with Gasteiger partial charge in [-0.3, -0.25) is 0 Å². The Morgan fingerprint density at radius 2 is 2.15 bits per heavy atom. The zero-order valence-corrected chi connectivity index (χ0v) is 10.9. The van der Waals surface area contributed by atoms with Crippen molar-refractivity contribution in [3.63, 3.8) is 0 Å². The average Bonchev–Trinajstić information content (AvgIpc) is 2.70. The Kier molecular flexibility index (Phi) is 3.35. The largest absolute Gasteiger partial charge is 0.491 e. The highest BCUT2D eigenvalue weighted by molar-refractivity contribution is 5.95. The van der Waals surface area contributed by atoms with Crippen LogP contribution in [0, 0.1) is 5.82 Å². The fourth-order valence-electron chi connectivity index (χ4n) is 2.92. The number of ether oxygens (including phenoxy) is 2. The predicted molar refractivity (Wildman–Crippen MR) is 68.2 cm³/mol. The number of benzene rings is 1. The van der Waals surface area contributed by atoms with E-state index in [9.17, 15) is 9.18 Å². The summed E-state index contributed by atoms with van der Waals surface area (Å²) in [5.41, 5.74) is -0.253. The molecule has 1 fully saturated rings.